The van der Waals surface area contributed by atoms with Crippen molar-refractivity contribution < 1.29 is 14.3 Å². The molecule has 0 aromatic heterocycles. The minimum atomic E-state index is -0.313. The van der Waals surface area contributed by atoms with Crippen LogP contribution in [0, 0.1) is 5.92 Å². The molecule has 1 aliphatic rings. The number of hydrogen-bond donors (Lipinski definition) is 1. The summed E-state index contributed by atoms with van der Waals surface area (Å²) in [6.45, 7) is 4.12. The first-order valence-corrected chi connectivity index (χ1v) is 8.25. The molecule has 3 rings (SSSR count). The van der Waals surface area contributed by atoms with Crippen molar-refractivity contribution in [3.05, 3.63) is 65.7 Å². The van der Waals surface area contributed by atoms with Crippen LogP contribution in [0.2, 0.25) is 0 Å². The van der Waals surface area contributed by atoms with Crippen molar-refractivity contribution in [2.45, 2.75) is 32.0 Å². The van der Waals surface area contributed by atoms with Crippen LogP contribution in [-0.4, -0.2) is 19.1 Å². The van der Waals surface area contributed by atoms with Gasteiger partial charge in [0.2, 0.25) is 0 Å². The summed E-state index contributed by atoms with van der Waals surface area (Å²) < 4.78 is 10.8. The van der Waals surface area contributed by atoms with E-state index < -0.39 is 0 Å². The SMILES string of the molecule is COc1ccc([C@@H]2OC(=O)[C@@H](N[C@@H](C)c3ccccc3)[C@H]2C)cc1. The fourth-order valence-electron chi connectivity index (χ4n) is 3.19. The molecule has 0 saturated carbocycles. The van der Waals surface area contributed by atoms with Crippen molar-refractivity contribution in [3.63, 3.8) is 0 Å². The number of methoxy groups -OCH3 is 1. The summed E-state index contributed by atoms with van der Waals surface area (Å²) in [5, 5.41) is 3.42. The van der Waals surface area contributed by atoms with Crippen LogP contribution >= 0.6 is 0 Å². The zero-order chi connectivity index (χ0) is 17.1. The fourth-order valence-corrected chi connectivity index (χ4v) is 3.19. The van der Waals surface area contributed by atoms with E-state index in [0.717, 1.165) is 16.9 Å². The highest BCUT2D eigenvalue weighted by Crippen LogP contribution is 2.36. The third-order valence-corrected chi connectivity index (χ3v) is 4.67. The van der Waals surface area contributed by atoms with Crippen LogP contribution in [-0.2, 0) is 9.53 Å². The molecular formula is C20H23NO3. The van der Waals surface area contributed by atoms with Gasteiger partial charge in [0.15, 0.2) is 0 Å². The summed E-state index contributed by atoms with van der Waals surface area (Å²) in [6.07, 6.45) is -0.233. The van der Waals surface area contributed by atoms with E-state index >= 15 is 0 Å². The summed E-state index contributed by atoms with van der Waals surface area (Å²) in [7, 11) is 1.64. The van der Waals surface area contributed by atoms with Gasteiger partial charge in [0.25, 0.3) is 0 Å². The molecule has 1 fully saturated rings. The Morgan fingerprint density at radius 3 is 2.38 bits per heavy atom. The molecule has 0 amide bonds. The minimum Gasteiger partial charge on any atom is -0.497 e. The monoisotopic (exact) mass is 325 g/mol. The van der Waals surface area contributed by atoms with Gasteiger partial charge in [-0.15, -0.1) is 0 Å². The van der Waals surface area contributed by atoms with Gasteiger partial charge in [-0.2, -0.15) is 0 Å². The second kappa shape index (κ2) is 7.05. The average molecular weight is 325 g/mol. The molecule has 4 atom stereocenters. The minimum absolute atomic E-state index is 0.0528. The Labute approximate surface area is 142 Å². The van der Waals surface area contributed by atoms with Crippen LogP contribution in [0.4, 0.5) is 0 Å². The molecule has 0 bridgehead atoms. The summed E-state index contributed by atoms with van der Waals surface area (Å²) in [5.74, 6) is 0.659. The maximum absolute atomic E-state index is 12.3. The van der Waals surface area contributed by atoms with Crippen LogP contribution in [0.3, 0.4) is 0 Å². The molecule has 4 nitrogen and oxygen atoms in total. The second-order valence-electron chi connectivity index (χ2n) is 6.27. The number of hydrogen-bond acceptors (Lipinski definition) is 4. The zero-order valence-corrected chi connectivity index (χ0v) is 14.2. The van der Waals surface area contributed by atoms with Crippen LogP contribution in [0.25, 0.3) is 0 Å². The van der Waals surface area contributed by atoms with E-state index in [1.165, 1.54) is 0 Å². The lowest BCUT2D eigenvalue weighted by atomic mass is 9.92. The molecule has 0 aliphatic carbocycles. The largest absolute Gasteiger partial charge is 0.497 e. The van der Waals surface area contributed by atoms with Crippen molar-refractivity contribution in [1.29, 1.82) is 0 Å². The molecule has 4 heteroatoms. The predicted molar refractivity (Wildman–Crippen MR) is 92.8 cm³/mol. The van der Waals surface area contributed by atoms with Gasteiger partial charge in [0.1, 0.15) is 17.9 Å². The first kappa shape index (κ1) is 16.5. The van der Waals surface area contributed by atoms with E-state index in [9.17, 15) is 4.79 Å². The fraction of sp³-hybridized carbons (Fsp3) is 0.350. The summed E-state index contributed by atoms with van der Waals surface area (Å²) in [6, 6.07) is 17.6. The van der Waals surface area contributed by atoms with Crippen molar-refractivity contribution in [2.24, 2.45) is 5.92 Å². The van der Waals surface area contributed by atoms with Gasteiger partial charge in [-0.25, -0.2) is 0 Å². The maximum Gasteiger partial charge on any atom is 0.324 e. The quantitative estimate of drug-likeness (QED) is 0.853. The van der Waals surface area contributed by atoms with E-state index in [-0.39, 0.29) is 30.1 Å². The molecule has 2 aromatic rings. The van der Waals surface area contributed by atoms with Gasteiger partial charge in [0.05, 0.1) is 7.11 Å². The number of cyclic esters (lactones) is 1. The van der Waals surface area contributed by atoms with Gasteiger partial charge < -0.3 is 9.47 Å². The topological polar surface area (TPSA) is 47.6 Å². The highest BCUT2D eigenvalue weighted by Gasteiger charge is 2.43. The Balaban J connectivity index is 1.72. The molecule has 0 radical (unpaired) electrons. The molecule has 1 heterocycles. The third kappa shape index (κ3) is 3.29. The van der Waals surface area contributed by atoms with E-state index in [1.54, 1.807) is 7.11 Å². The van der Waals surface area contributed by atoms with Gasteiger partial charge in [-0.05, 0) is 30.2 Å². The number of nitrogens with one attached hydrogen (secondary N) is 1. The van der Waals surface area contributed by atoms with Crippen molar-refractivity contribution in [1.82, 2.24) is 5.32 Å². The summed E-state index contributed by atoms with van der Waals surface area (Å²) in [4.78, 5) is 12.3. The van der Waals surface area contributed by atoms with Crippen molar-refractivity contribution in [2.75, 3.05) is 7.11 Å². The van der Waals surface area contributed by atoms with Crippen LogP contribution in [0.5, 0.6) is 5.75 Å². The number of rotatable bonds is 5. The standard InChI is InChI=1S/C20H23NO3/c1-13-18(21-14(2)15-7-5-4-6-8-15)20(22)24-19(13)16-9-11-17(23-3)12-10-16/h4-14,18-19,21H,1-3H3/t13-,14+,18+,19-/m1/s1. The van der Waals surface area contributed by atoms with E-state index in [2.05, 4.69) is 31.3 Å². The lowest BCUT2D eigenvalue weighted by molar-refractivity contribution is -0.143. The summed E-state index contributed by atoms with van der Waals surface area (Å²) in [5.41, 5.74) is 2.15. The Morgan fingerprint density at radius 2 is 1.75 bits per heavy atom. The Hall–Kier alpha value is -2.33. The third-order valence-electron chi connectivity index (χ3n) is 4.67. The first-order valence-electron chi connectivity index (χ1n) is 8.25. The van der Waals surface area contributed by atoms with E-state index in [0.29, 0.717) is 0 Å². The Bertz CT molecular complexity index is 684. The lowest BCUT2D eigenvalue weighted by Gasteiger charge is -2.21. The molecule has 0 spiro atoms. The van der Waals surface area contributed by atoms with Gasteiger partial charge in [-0.3, -0.25) is 10.1 Å². The van der Waals surface area contributed by atoms with Gasteiger partial charge in [0, 0.05) is 12.0 Å². The molecule has 1 saturated heterocycles. The smallest absolute Gasteiger partial charge is 0.324 e. The van der Waals surface area contributed by atoms with E-state index in [1.807, 2.05) is 42.5 Å². The van der Waals surface area contributed by atoms with Crippen molar-refractivity contribution in [3.8, 4) is 5.75 Å². The number of ether oxygens (including phenoxy) is 2. The molecule has 0 unspecified atom stereocenters. The van der Waals surface area contributed by atoms with Gasteiger partial charge in [-0.1, -0.05) is 49.4 Å². The predicted octanol–water partition coefficient (Wildman–Crippen LogP) is 3.65. The number of carbonyl (C=O) groups excluding carboxylic acids is 1. The number of carbonyl (C=O) groups is 1. The van der Waals surface area contributed by atoms with Crippen LogP contribution in [0.15, 0.2) is 54.6 Å². The number of benzene rings is 2. The van der Waals surface area contributed by atoms with Crippen LogP contribution < -0.4 is 10.1 Å². The Morgan fingerprint density at radius 1 is 1.08 bits per heavy atom. The summed E-state index contributed by atoms with van der Waals surface area (Å²) >= 11 is 0. The molecule has 24 heavy (non-hydrogen) atoms. The van der Waals surface area contributed by atoms with Crippen molar-refractivity contribution >= 4 is 5.97 Å². The molecule has 126 valence electrons. The molecule has 2 aromatic carbocycles. The normalized spacial score (nSPS) is 24.5. The highest BCUT2D eigenvalue weighted by molar-refractivity contribution is 5.79. The van der Waals surface area contributed by atoms with E-state index in [4.69, 9.17) is 9.47 Å². The molecule has 1 aliphatic heterocycles. The molecular weight excluding hydrogens is 302 g/mol. The zero-order valence-electron chi connectivity index (χ0n) is 14.2. The highest BCUT2D eigenvalue weighted by atomic mass is 16.6. The number of esters is 1. The van der Waals surface area contributed by atoms with Gasteiger partial charge >= 0.3 is 5.97 Å². The lowest BCUT2D eigenvalue weighted by Crippen LogP contribution is -2.39. The maximum atomic E-state index is 12.3. The molecule has 1 N–H and O–H groups in total. The first-order chi connectivity index (χ1) is 11.6. The average Bonchev–Trinajstić information content (AvgIpc) is 2.90. The Kier molecular flexibility index (Phi) is 4.86. The second-order valence-corrected chi connectivity index (χ2v) is 6.27. The van der Waals surface area contributed by atoms with Crippen LogP contribution in [0.1, 0.15) is 37.1 Å².